The first kappa shape index (κ1) is 16.1. The van der Waals surface area contributed by atoms with Gasteiger partial charge in [0.15, 0.2) is 17.7 Å². The second-order valence-corrected chi connectivity index (χ2v) is 5.65. The van der Waals surface area contributed by atoms with E-state index < -0.39 is 12.1 Å². The number of pyridine rings is 1. The standard InChI is InChI=1S/C15H21N3O4/c1-9(2)6-7-21-13(19)8-18-14-11(4-5-12(16)17-14)22-10(3)15(18)20/h4-5,9-10H,6-8H2,1-3H3,(H2,16,17). The lowest BCUT2D eigenvalue weighted by molar-refractivity contribution is -0.143. The average Bonchev–Trinajstić information content (AvgIpc) is 2.44. The number of hydrogen-bond acceptors (Lipinski definition) is 6. The third-order valence-electron chi connectivity index (χ3n) is 3.28. The summed E-state index contributed by atoms with van der Waals surface area (Å²) in [5, 5.41) is 0. The summed E-state index contributed by atoms with van der Waals surface area (Å²) < 4.78 is 10.6. The van der Waals surface area contributed by atoms with Crippen molar-refractivity contribution in [1.82, 2.24) is 4.98 Å². The summed E-state index contributed by atoms with van der Waals surface area (Å²) in [7, 11) is 0. The third kappa shape index (κ3) is 3.66. The van der Waals surface area contributed by atoms with Gasteiger partial charge in [0.2, 0.25) is 0 Å². The number of rotatable bonds is 5. The molecular weight excluding hydrogens is 286 g/mol. The Labute approximate surface area is 129 Å². The molecule has 2 heterocycles. The van der Waals surface area contributed by atoms with Crippen molar-refractivity contribution in [3.8, 4) is 5.75 Å². The zero-order valence-electron chi connectivity index (χ0n) is 13.0. The molecule has 7 heteroatoms. The summed E-state index contributed by atoms with van der Waals surface area (Å²) in [6, 6.07) is 3.22. The van der Waals surface area contributed by atoms with Gasteiger partial charge in [-0.2, -0.15) is 0 Å². The van der Waals surface area contributed by atoms with Gasteiger partial charge >= 0.3 is 5.97 Å². The molecule has 0 saturated carbocycles. The molecule has 1 atom stereocenters. The van der Waals surface area contributed by atoms with Crippen LogP contribution in [0.15, 0.2) is 12.1 Å². The molecule has 0 spiro atoms. The van der Waals surface area contributed by atoms with E-state index in [1.165, 1.54) is 4.90 Å². The van der Waals surface area contributed by atoms with Gasteiger partial charge in [0, 0.05) is 0 Å². The van der Waals surface area contributed by atoms with Gasteiger partial charge in [-0.1, -0.05) is 13.8 Å². The molecule has 1 unspecified atom stereocenters. The number of nitrogens with zero attached hydrogens (tertiary/aromatic N) is 2. The van der Waals surface area contributed by atoms with Gasteiger partial charge in [0.25, 0.3) is 5.91 Å². The molecule has 1 aromatic rings. The zero-order chi connectivity index (χ0) is 16.3. The number of nitrogen functional groups attached to an aromatic ring is 1. The molecule has 1 amide bonds. The van der Waals surface area contributed by atoms with Crippen LogP contribution >= 0.6 is 0 Å². The highest BCUT2D eigenvalue weighted by Gasteiger charge is 2.34. The fourth-order valence-electron chi connectivity index (χ4n) is 2.04. The van der Waals surface area contributed by atoms with Crippen molar-refractivity contribution in [2.24, 2.45) is 5.92 Å². The summed E-state index contributed by atoms with van der Waals surface area (Å²) in [4.78, 5) is 29.5. The molecule has 22 heavy (non-hydrogen) atoms. The van der Waals surface area contributed by atoms with E-state index in [0.717, 1.165) is 6.42 Å². The lowest BCUT2D eigenvalue weighted by atomic mass is 10.1. The number of aromatic nitrogens is 1. The van der Waals surface area contributed by atoms with E-state index in [2.05, 4.69) is 4.98 Å². The van der Waals surface area contributed by atoms with Gasteiger partial charge < -0.3 is 15.2 Å². The molecule has 2 rings (SSSR count). The molecule has 0 radical (unpaired) electrons. The number of anilines is 2. The van der Waals surface area contributed by atoms with Gasteiger partial charge in [0.1, 0.15) is 12.4 Å². The van der Waals surface area contributed by atoms with Crippen molar-refractivity contribution >= 4 is 23.5 Å². The van der Waals surface area contributed by atoms with E-state index in [4.69, 9.17) is 15.2 Å². The SMILES string of the molecule is CC(C)CCOC(=O)CN1C(=O)C(C)Oc2ccc(N)nc21. The molecule has 0 bridgehead atoms. The first-order valence-corrected chi connectivity index (χ1v) is 7.28. The molecule has 0 saturated heterocycles. The van der Waals surface area contributed by atoms with Crippen LogP contribution in [0.3, 0.4) is 0 Å². The van der Waals surface area contributed by atoms with Crippen LogP contribution in [0.1, 0.15) is 27.2 Å². The van der Waals surface area contributed by atoms with Gasteiger partial charge in [-0.3, -0.25) is 14.5 Å². The normalized spacial score (nSPS) is 17.2. The Balaban J connectivity index is 2.10. The third-order valence-corrected chi connectivity index (χ3v) is 3.28. The second kappa shape index (κ2) is 6.64. The molecule has 0 aliphatic carbocycles. The van der Waals surface area contributed by atoms with E-state index in [-0.39, 0.29) is 24.1 Å². The van der Waals surface area contributed by atoms with Gasteiger partial charge in [0.05, 0.1) is 6.61 Å². The van der Waals surface area contributed by atoms with Crippen LogP contribution in [0, 0.1) is 5.92 Å². The fourth-order valence-corrected chi connectivity index (χ4v) is 2.04. The van der Waals surface area contributed by atoms with Crippen LogP contribution in [0.5, 0.6) is 5.75 Å². The maximum Gasteiger partial charge on any atom is 0.326 e. The van der Waals surface area contributed by atoms with E-state index in [1.54, 1.807) is 19.1 Å². The number of esters is 1. The summed E-state index contributed by atoms with van der Waals surface area (Å²) in [5.41, 5.74) is 5.65. The van der Waals surface area contributed by atoms with E-state index in [1.807, 2.05) is 13.8 Å². The zero-order valence-corrected chi connectivity index (χ0v) is 13.0. The molecule has 7 nitrogen and oxygen atoms in total. The number of carbonyl (C=O) groups excluding carboxylic acids is 2. The van der Waals surface area contributed by atoms with Crippen LogP contribution in [0.4, 0.5) is 11.6 Å². The summed E-state index contributed by atoms with van der Waals surface area (Å²) >= 11 is 0. The molecule has 2 N–H and O–H groups in total. The molecule has 1 aliphatic heterocycles. The number of fused-ring (bicyclic) bond motifs is 1. The number of carbonyl (C=O) groups is 2. The second-order valence-electron chi connectivity index (χ2n) is 5.65. The molecule has 0 fully saturated rings. The van der Waals surface area contributed by atoms with Gasteiger partial charge in [-0.25, -0.2) is 4.98 Å². The molecule has 1 aromatic heterocycles. The highest BCUT2D eigenvalue weighted by atomic mass is 16.5. The van der Waals surface area contributed by atoms with Crippen LogP contribution < -0.4 is 15.4 Å². The van der Waals surface area contributed by atoms with E-state index in [9.17, 15) is 9.59 Å². The number of amides is 1. The first-order valence-electron chi connectivity index (χ1n) is 7.28. The van der Waals surface area contributed by atoms with Crippen molar-refractivity contribution in [3.05, 3.63) is 12.1 Å². The quantitative estimate of drug-likeness (QED) is 0.825. The van der Waals surface area contributed by atoms with Crippen molar-refractivity contribution in [3.63, 3.8) is 0 Å². The van der Waals surface area contributed by atoms with Crippen LogP contribution in [0.25, 0.3) is 0 Å². The lowest BCUT2D eigenvalue weighted by Crippen LogP contribution is -2.47. The Kier molecular flexibility index (Phi) is 4.85. The molecule has 120 valence electrons. The lowest BCUT2D eigenvalue weighted by Gasteiger charge is -2.31. The minimum Gasteiger partial charge on any atom is -0.477 e. The molecule has 1 aliphatic rings. The minimum atomic E-state index is -0.679. The summed E-state index contributed by atoms with van der Waals surface area (Å²) in [6.45, 7) is 5.85. The van der Waals surface area contributed by atoms with Gasteiger partial charge in [-0.05, 0) is 31.4 Å². The number of nitrogens with two attached hydrogens (primary N) is 1. The Hall–Kier alpha value is -2.31. The smallest absolute Gasteiger partial charge is 0.326 e. The fraction of sp³-hybridized carbons (Fsp3) is 0.533. The van der Waals surface area contributed by atoms with Crippen LogP contribution in [-0.2, 0) is 14.3 Å². The largest absolute Gasteiger partial charge is 0.477 e. The van der Waals surface area contributed by atoms with Crippen molar-refractivity contribution in [2.45, 2.75) is 33.3 Å². The number of ether oxygens (including phenoxy) is 2. The van der Waals surface area contributed by atoms with Crippen molar-refractivity contribution in [2.75, 3.05) is 23.8 Å². The molecular formula is C15H21N3O4. The monoisotopic (exact) mass is 307 g/mol. The Morgan fingerprint density at radius 2 is 2.23 bits per heavy atom. The van der Waals surface area contributed by atoms with Gasteiger partial charge in [-0.15, -0.1) is 0 Å². The summed E-state index contributed by atoms with van der Waals surface area (Å²) in [6.07, 6.45) is 0.0995. The van der Waals surface area contributed by atoms with Crippen LogP contribution in [0.2, 0.25) is 0 Å². The Bertz CT molecular complexity index is 574. The van der Waals surface area contributed by atoms with Crippen molar-refractivity contribution in [1.29, 1.82) is 0 Å². The topological polar surface area (TPSA) is 94.8 Å². The number of hydrogen-bond donors (Lipinski definition) is 1. The highest BCUT2D eigenvalue weighted by Crippen LogP contribution is 2.32. The Morgan fingerprint density at radius 1 is 1.50 bits per heavy atom. The Morgan fingerprint density at radius 3 is 2.91 bits per heavy atom. The average molecular weight is 307 g/mol. The predicted molar refractivity (Wildman–Crippen MR) is 81.5 cm³/mol. The van der Waals surface area contributed by atoms with Crippen LogP contribution in [-0.4, -0.2) is 36.1 Å². The highest BCUT2D eigenvalue weighted by molar-refractivity contribution is 6.02. The summed E-state index contributed by atoms with van der Waals surface area (Å²) in [5.74, 6) is 0.563. The predicted octanol–water partition coefficient (Wildman–Crippen LogP) is 1.37. The van der Waals surface area contributed by atoms with E-state index >= 15 is 0 Å². The maximum absolute atomic E-state index is 12.2. The maximum atomic E-state index is 12.2. The van der Waals surface area contributed by atoms with E-state index in [0.29, 0.717) is 18.3 Å². The van der Waals surface area contributed by atoms with Crippen molar-refractivity contribution < 1.29 is 19.1 Å². The first-order chi connectivity index (χ1) is 10.4. The minimum absolute atomic E-state index is 0.200. The molecule has 0 aromatic carbocycles.